The molecule has 2 heterocycles. The number of rotatable bonds is 6. The van der Waals surface area contributed by atoms with Gasteiger partial charge in [-0.05, 0) is 19.1 Å². The van der Waals surface area contributed by atoms with Gasteiger partial charge in [-0.3, -0.25) is 0 Å². The number of ether oxygens (including phenoxy) is 3. The maximum absolute atomic E-state index is 12.7. The van der Waals surface area contributed by atoms with E-state index in [0.29, 0.717) is 28.7 Å². The van der Waals surface area contributed by atoms with Crippen molar-refractivity contribution in [3.8, 4) is 11.5 Å². The predicted molar refractivity (Wildman–Crippen MR) is 95.2 cm³/mol. The predicted octanol–water partition coefficient (Wildman–Crippen LogP) is 2.31. The highest BCUT2D eigenvalue weighted by Crippen LogP contribution is 2.40. The van der Waals surface area contributed by atoms with Gasteiger partial charge in [0, 0.05) is 17.3 Å². The molecule has 0 aliphatic carbocycles. The summed E-state index contributed by atoms with van der Waals surface area (Å²) in [6.07, 6.45) is 2.95. The quantitative estimate of drug-likeness (QED) is 0.628. The lowest BCUT2D eigenvalue weighted by Crippen LogP contribution is -2.30. The van der Waals surface area contributed by atoms with Crippen molar-refractivity contribution >= 4 is 11.9 Å². The lowest BCUT2D eigenvalue weighted by atomic mass is 9.95. The number of nitrogens with zero attached hydrogens (tertiary/aromatic N) is 3. The zero-order valence-electron chi connectivity index (χ0n) is 14.9. The molecule has 1 aliphatic rings. The third kappa shape index (κ3) is 3.01. The van der Waals surface area contributed by atoms with Crippen LogP contribution < -0.4 is 14.8 Å². The van der Waals surface area contributed by atoms with E-state index in [1.165, 1.54) is 12.4 Å². The monoisotopic (exact) mass is 356 g/mol. The molecule has 8 heteroatoms. The Kier molecular flexibility index (Phi) is 4.92. The Hall–Kier alpha value is -3.29. The van der Waals surface area contributed by atoms with Crippen molar-refractivity contribution in [3.05, 3.63) is 54.0 Å². The Labute approximate surface area is 151 Å². The van der Waals surface area contributed by atoms with E-state index in [1.54, 1.807) is 38.0 Å². The molecular weight excluding hydrogens is 336 g/mol. The van der Waals surface area contributed by atoms with Crippen LogP contribution in [0.2, 0.25) is 0 Å². The van der Waals surface area contributed by atoms with E-state index in [-0.39, 0.29) is 6.61 Å². The molecule has 0 saturated heterocycles. The van der Waals surface area contributed by atoms with Gasteiger partial charge < -0.3 is 19.5 Å². The first-order chi connectivity index (χ1) is 12.6. The molecule has 26 heavy (non-hydrogen) atoms. The standard InChI is InChI=1S/C18H20N4O4/c1-5-8-26-17(23)15-11(2)21-18-19-10-20-22(18)16(15)13-7-6-12(24-3)9-14(13)25-4/h5-7,9-10,16H,1,8H2,2-4H3,(H,19,20,21). The number of methoxy groups -OCH3 is 2. The number of hydrogen-bond acceptors (Lipinski definition) is 7. The fraction of sp³-hybridized carbons (Fsp3) is 0.278. The summed E-state index contributed by atoms with van der Waals surface area (Å²) in [5.41, 5.74) is 1.81. The van der Waals surface area contributed by atoms with Gasteiger partial charge >= 0.3 is 5.97 Å². The molecule has 0 bridgehead atoms. The van der Waals surface area contributed by atoms with E-state index < -0.39 is 12.0 Å². The van der Waals surface area contributed by atoms with Crippen molar-refractivity contribution in [2.24, 2.45) is 0 Å². The second kappa shape index (κ2) is 7.30. The number of carbonyl (C=O) groups is 1. The Balaban J connectivity index is 2.15. The van der Waals surface area contributed by atoms with E-state index in [4.69, 9.17) is 14.2 Å². The molecule has 0 radical (unpaired) electrons. The smallest absolute Gasteiger partial charge is 0.338 e. The maximum Gasteiger partial charge on any atom is 0.338 e. The van der Waals surface area contributed by atoms with Crippen LogP contribution >= 0.6 is 0 Å². The molecule has 0 saturated carbocycles. The van der Waals surface area contributed by atoms with Gasteiger partial charge in [-0.15, -0.1) is 0 Å². The van der Waals surface area contributed by atoms with Crippen LogP contribution in [-0.4, -0.2) is 41.6 Å². The van der Waals surface area contributed by atoms with Gasteiger partial charge in [-0.25, -0.2) is 9.48 Å². The van der Waals surface area contributed by atoms with Crippen molar-refractivity contribution in [2.75, 3.05) is 26.1 Å². The van der Waals surface area contributed by atoms with Crippen LogP contribution in [0.4, 0.5) is 5.95 Å². The summed E-state index contributed by atoms with van der Waals surface area (Å²) in [5, 5.41) is 7.36. The molecule has 8 nitrogen and oxygen atoms in total. The minimum atomic E-state index is -0.549. The maximum atomic E-state index is 12.7. The SMILES string of the molecule is C=CCOC(=O)C1=C(C)Nc2ncnn2C1c1ccc(OC)cc1OC. The third-order valence-electron chi connectivity index (χ3n) is 4.08. The van der Waals surface area contributed by atoms with Crippen LogP contribution in [0.3, 0.4) is 0 Å². The molecule has 136 valence electrons. The number of carbonyl (C=O) groups excluding carboxylic acids is 1. The van der Waals surface area contributed by atoms with Crippen LogP contribution in [0.15, 0.2) is 48.5 Å². The van der Waals surface area contributed by atoms with Gasteiger partial charge in [0.05, 0.1) is 19.8 Å². The second-order valence-electron chi connectivity index (χ2n) is 5.59. The van der Waals surface area contributed by atoms with Crippen LogP contribution in [0.25, 0.3) is 0 Å². The zero-order valence-corrected chi connectivity index (χ0v) is 14.9. The topological polar surface area (TPSA) is 87.5 Å². The summed E-state index contributed by atoms with van der Waals surface area (Å²) >= 11 is 0. The average Bonchev–Trinajstić information content (AvgIpc) is 3.12. The molecule has 1 atom stereocenters. The lowest BCUT2D eigenvalue weighted by Gasteiger charge is -2.29. The molecular formula is C18H20N4O4. The first kappa shape index (κ1) is 17.5. The first-order valence-electron chi connectivity index (χ1n) is 7.98. The van der Waals surface area contributed by atoms with Gasteiger partial charge in [-0.2, -0.15) is 10.1 Å². The average molecular weight is 356 g/mol. The lowest BCUT2D eigenvalue weighted by molar-refractivity contribution is -0.138. The van der Waals surface area contributed by atoms with Gasteiger partial charge in [0.15, 0.2) is 0 Å². The summed E-state index contributed by atoms with van der Waals surface area (Å²) in [6, 6.07) is 4.86. The first-order valence-corrected chi connectivity index (χ1v) is 7.98. The molecule has 1 aromatic heterocycles. The van der Waals surface area contributed by atoms with E-state index in [0.717, 1.165) is 5.56 Å². The van der Waals surface area contributed by atoms with Crippen molar-refractivity contribution in [3.63, 3.8) is 0 Å². The zero-order chi connectivity index (χ0) is 18.7. The number of anilines is 1. The molecule has 3 rings (SSSR count). The van der Waals surface area contributed by atoms with E-state index in [2.05, 4.69) is 22.0 Å². The Morgan fingerprint density at radius 3 is 2.88 bits per heavy atom. The minimum Gasteiger partial charge on any atom is -0.497 e. The van der Waals surface area contributed by atoms with E-state index >= 15 is 0 Å². The number of benzene rings is 1. The summed E-state index contributed by atoms with van der Waals surface area (Å²) in [4.78, 5) is 16.9. The van der Waals surface area contributed by atoms with Gasteiger partial charge in [-0.1, -0.05) is 12.7 Å². The molecule has 1 unspecified atom stereocenters. The number of fused-ring (bicyclic) bond motifs is 1. The van der Waals surface area contributed by atoms with Crippen molar-refractivity contribution in [1.82, 2.24) is 14.8 Å². The third-order valence-corrected chi connectivity index (χ3v) is 4.08. The molecule has 1 aromatic carbocycles. The van der Waals surface area contributed by atoms with Gasteiger partial charge in [0.1, 0.15) is 30.5 Å². The summed E-state index contributed by atoms with van der Waals surface area (Å²) in [7, 11) is 3.14. The van der Waals surface area contributed by atoms with Crippen LogP contribution in [0.1, 0.15) is 18.5 Å². The van der Waals surface area contributed by atoms with Gasteiger partial charge in [0.2, 0.25) is 5.95 Å². The van der Waals surface area contributed by atoms with Crippen LogP contribution in [-0.2, 0) is 9.53 Å². The number of hydrogen-bond donors (Lipinski definition) is 1. The number of allylic oxidation sites excluding steroid dienone is 1. The highest BCUT2D eigenvalue weighted by molar-refractivity contribution is 5.92. The highest BCUT2D eigenvalue weighted by Gasteiger charge is 2.36. The van der Waals surface area contributed by atoms with Crippen LogP contribution in [0, 0.1) is 0 Å². The molecule has 0 amide bonds. The van der Waals surface area contributed by atoms with E-state index in [1.807, 2.05) is 6.07 Å². The van der Waals surface area contributed by atoms with Crippen molar-refractivity contribution in [2.45, 2.75) is 13.0 Å². The summed E-state index contributed by atoms with van der Waals surface area (Å²) in [5.74, 6) is 1.29. The largest absolute Gasteiger partial charge is 0.497 e. The molecule has 2 aromatic rings. The number of esters is 1. The van der Waals surface area contributed by atoms with Crippen molar-refractivity contribution < 1.29 is 19.0 Å². The van der Waals surface area contributed by atoms with Crippen molar-refractivity contribution in [1.29, 1.82) is 0 Å². The normalized spacial score (nSPS) is 15.7. The molecule has 1 aliphatic heterocycles. The molecule has 1 N–H and O–H groups in total. The Morgan fingerprint density at radius 1 is 1.38 bits per heavy atom. The summed E-state index contributed by atoms with van der Waals surface area (Å²) < 4.78 is 17.7. The molecule has 0 spiro atoms. The summed E-state index contributed by atoms with van der Waals surface area (Å²) in [6.45, 7) is 5.49. The second-order valence-corrected chi connectivity index (χ2v) is 5.59. The van der Waals surface area contributed by atoms with E-state index in [9.17, 15) is 4.79 Å². The van der Waals surface area contributed by atoms with Crippen LogP contribution in [0.5, 0.6) is 11.5 Å². The minimum absolute atomic E-state index is 0.117. The number of aromatic nitrogens is 3. The fourth-order valence-corrected chi connectivity index (χ4v) is 2.90. The van der Waals surface area contributed by atoms with Gasteiger partial charge in [0.25, 0.3) is 0 Å². The molecule has 0 fully saturated rings. The Bertz CT molecular complexity index is 872. The number of nitrogens with one attached hydrogen (secondary N) is 1. The highest BCUT2D eigenvalue weighted by atomic mass is 16.5. The fourth-order valence-electron chi connectivity index (χ4n) is 2.90. The Morgan fingerprint density at radius 2 is 2.19 bits per heavy atom.